The summed E-state index contributed by atoms with van der Waals surface area (Å²) in [5, 5.41) is 2.40. The number of ether oxygens (including phenoxy) is 1. The lowest BCUT2D eigenvalue weighted by atomic mass is 10.0. The lowest BCUT2D eigenvalue weighted by Crippen LogP contribution is -2.53. The molecule has 1 aromatic carbocycles. The van der Waals surface area contributed by atoms with E-state index in [1.54, 1.807) is 30.9 Å². The van der Waals surface area contributed by atoms with Crippen molar-refractivity contribution in [1.29, 1.82) is 0 Å². The van der Waals surface area contributed by atoms with Gasteiger partial charge in [0.1, 0.15) is 5.75 Å². The topological polar surface area (TPSA) is 96.0 Å². The van der Waals surface area contributed by atoms with E-state index in [1.807, 2.05) is 12.1 Å². The molecule has 0 radical (unpaired) electrons. The van der Waals surface area contributed by atoms with E-state index >= 15 is 0 Å². The van der Waals surface area contributed by atoms with E-state index < -0.39 is 5.60 Å². The minimum Gasteiger partial charge on any atom is -0.476 e. The van der Waals surface area contributed by atoms with Crippen LogP contribution in [0.3, 0.4) is 0 Å². The summed E-state index contributed by atoms with van der Waals surface area (Å²) < 4.78 is 5.75. The molecule has 0 saturated carbocycles. The molecule has 9 heteroatoms. The normalized spacial score (nSPS) is 18.4. The van der Waals surface area contributed by atoms with Gasteiger partial charge >= 0.3 is 0 Å². The molecule has 0 unspecified atom stereocenters. The Bertz CT molecular complexity index is 779. The molecule has 1 fully saturated rings. The molecular formula is C18H21N3O5S. The molecule has 3 rings (SSSR count). The third-order valence-electron chi connectivity index (χ3n) is 4.34. The van der Waals surface area contributed by atoms with E-state index in [-0.39, 0.29) is 54.8 Å². The zero-order chi connectivity index (χ0) is 19.6. The molecule has 1 N–H and O–H groups in total. The first kappa shape index (κ1) is 19.2. The van der Waals surface area contributed by atoms with Crippen LogP contribution in [-0.4, -0.2) is 58.8 Å². The standard InChI is InChI=1S/C18H21N3O5S/c1-18(2)16(24)20(12-5-3-4-6-13(12)26-18)9-7-14(22)19-8-10-21-15(23)11-27-17(21)25/h3-6H,7-11H2,1-2H3,(H,19,22). The molecule has 0 spiro atoms. The predicted octanol–water partition coefficient (Wildman–Crippen LogP) is 1.39. The smallest absolute Gasteiger partial charge is 0.288 e. The number of carbonyl (C=O) groups is 4. The average molecular weight is 391 g/mol. The van der Waals surface area contributed by atoms with E-state index in [9.17, 15) is 19.2 Å². The molecule has 8 nitrogen and oxygen atoms in total. The van der Waals surface area contributed by atoms with Gasteiger partial charge in [0.2, 0.25) is 11.8 Å². The first-order valence-corrected chi connectivity index (χ1v) is 9.62. The summed E-state index contributed by atoms with van der Waals surface area (Å²) >= 11 is 0.964. The second kappa shape index (κ2) is 7.59. The highest BCUT2D eigenvalue weighted by molar-refractivity contribution is 8.14. The Balaban J connectivity index is 1.54. The van der Waals surface area contributed by atoms with Gasteiger partial charge in [-0.05, 0) is 26.0 Å². The molecule has 0 bridgehead atoms. The second-order valence-corrected chi connectivity index (χ2v) is 7.66. The minimum absolute atomic E-state index is 0.104. The van der Waals surface area contributed by atoms with Gasteiger partial charge < -0.3 is 15.0 Å². The molecule has 4 amide bonds. The van der Waals surface area contributed by atoms with Crippen molar-refractivity contribution >= 4 is 40.4 Å². The molecule has 27 heavy (non-hydrogen) atoms. The Labute approximate surface area is 161 Å². The van der Waals surface area contributed by atoms with Gasteiger partial charge in [-0.3, -0.25) is 24.1 Å². The Morgan fingerprint density at radius 2 is 1.93 bits per heavy atom. The number of rotatable bonds is 6. The molecule has 0 aromatic heterocycles. The van der Waals surface area contributed by atoms with E-state index in [2.05, 4.69) is 5.32 Å². The number of anilines is 1. The van der Waals surface area contributed by atoms with Crippen molar-refractivity contribution in [3.8, 4) is 5.75 Å². The fraction of sp³-hybridized carbons (Fsp3) is 0.444. The van der Waals surface area contributed by atoms with Gasteiger partial charge in [-0.25, -0.2) is 0 Å². The molecule has 1 aromatic rings. The third-order valence-corrected chi connectivity index (χ3v) is 5.20. The predicted molar refractivity (Wildman–Crippen MR) is 101 cm³/mol. The summed E-state index contributed by atoms with van der Waals surface area (Å²) in [6.45, 7) is 3.95. The zero-order valence-electron chi connectivity index (χ0n) is 15.2. The lowest BCUT2D eigenvalue weighted by Gasteiger charge is -2.38. The van der Waals surface area contributed by atoms with Crippen LogP contribution in [0.15, 0.2) is 24.3 Å². The van der Waals surface area contributed by atoms with E-state index in [0.29, 0.717) is 11.4 Å². The molecule has 2 heterocycles. The van der Waals surface area contributed by atoms with Gasteiger partial charge in [0.05, 0.1) is 11.4 Å². The number of hydrogen-bond donors (Lipinski definition) is 1. The van der Waals surface area contributed by atoms with Crippen molar-refractivity contribution in [2.45, 2.75) is 25.9 Å². The largest absolute Gasteiger partial charge is 0.476 e. The Kier molecular flexibility index (Phi) is 5.41. The number of carbonyl (C=O) groups excluding carboxylic acids is 4. The van der Waals surface area contributed by atoms with Gasteiger partial charge in [0.25, 0.3) is 11.1 Å². The maximum atomic E-state index is 12.7. The highest BCUT2D eigenvalue weighted by Crippen LogP contribution is 2.37. The number of nitrogens with zero attached hydrogens (tertiary/aromatic N) is 2. The maximum Gasteiger partial charge on any atom is 0.288 e. The van der Waals surface area contributed by atoms with Crippen molar-refractivity contribution in [2.75, 3.05) is 30.3 Å². The Hall–Kier alpha value is -2.55. The molecule has 144 valence electrons. The first-order chi connectivity index (χ1) is 12.8. The SMILES string of the molecule is CC1(C)Oc2ccccc2N(CCC(=O)NCCN2C(=O)CSC2=O)C1=O. The molecular weight excluding hydrogens is 370 g/mol. The number of hydrogen-bond acceptors (Lipinski definition) is 6. The Morgan fingerprint density at radius 1 is 1.19 bits per heavy atom. The van der Waals surface area contributed by atoms with E-state index in [4.69, 9.17) is 4.74 Å². The summed E-state index contributed by atoms with van der Waals surface area (Å²) in [6, 6.07) is 7.21. The number of benzene rings is 1. The number of para-hydroxylation sites is 2. The van der Waals surface area contributed by atoms with Crippen molar-refractivity contribution in [3.05, 3.63) is 24.3 Å². The number of nitrogens with one attached hydrogen (secondary N) is 1. The van der Waals surface area contributed by atoms with Crippen molar-refractivity contribution in [2.24, 2.45) is 0 Å². The summed E-state index contributed by atoms with van der Waals surface area (Å²) in [6.07, 6.45) is 0.104. The summed E-state index contributed by atoms with van der Waals surface area (Å²) in [5.74, 6) is 0.0554. The Morgan fingerprint density at radius 3 is 2.63 bits per heavy atom. The van der Waals surface area contributed by atoms with E-state index in [0.717, 1.165) is 16.7 Å². The van der Waals surface area contributed by atoms with E-state index in [1.165, 1.54) is 0 Å². The van der Waals surface area contributed by atoms with Crippen molar-refractivity contribution in [3.63, 3.8) is 0 Å². The summed E-state index contributed by atoms with van der Waals surface area (Å²) in [7, 11) is 0. The molecule has 2 aliphatic heterocycles. The van der Waals surface area contributed by atoms with Crippen LogP contribution >= 0.6 is 11.8 Å². The fourth-order valence-electron chi connectivity index (χ4n) is 2.95. The van der Waals surface area contributed by atoms with Crippen molar-refractivity contribution < 1.29 is 23.9 Å². The highest BCUT2D eigenvalue weighted by atomic mass is 32.2. The van der Waals surface area contributed by atoms with Gasteiger partial charge in [0, 0.05) is 26.1 Å². The van der Waals surface area contributed by atoms with Crippen LogP contribution in [0.2, 0.25) is 0 Å². The number of imide groups is 1. The van der Waals surface area contributed by atoms with Crippen LogP contribution in [0, 0.1) is 0 Å². The van der Waals surface area contributed by atoms with Crippen LogP contribution in [-0.2, 0) is 14.4 Å². The van der Waals surface area contributed by atoms with Gasteiger partial charge in [-0.1, -0.05) is 23.9 Å². The average Bonchev–Trinajstić information content (AvgIpc) is 2.94. The second-order valence-electron chi connectivity index (χ2n) is 6.74. The number of thioether (sulfide) groups is 1. The summed E-state index contributed by atoms with van der Waals surface area (Å²) in [4.78, 5) is 50.5. The number of amides is 4. The quantitative estimate of drug-likeness (QED) is 0.787. The molecule has 0 aliphatic carbocycles. The van der Waals surface area contributed by atoms with Crippen LogP contribution in [0.4, 0.5) is 10.5 Å². The van der Waals surface area contributed by atoms with Crippen LogP contribution in [0.1, 0.15) is 20.3 Å². The third kappa shape index (κ3) is 4.08. The van der Waals surface area contributed by atoms with Crippen LogP contribution in [0.5, 0.6) is 5.75 Å². The van der Waals surface area contributed by atoms with Crippen LogP contribution < -0.4 is 15.0 Å². The first-order valence-electron chi connectivity index (χ1n) is 8.63. The fourth-order valence-corrected chi connectivity index (χ4v) is 3.70. The summed E-state index contributed by atoms with van der Waals surface area (Å²) in [5.41, 5.74) is -0.362. The van der Waals surface area contributed by atoms with Crippen LogP contribution in [0.25, 0.3) is 0 Å². The lowest BCUT2D eigenvalue weighted by molar-refractivity contribution is -0.132. The van der Waals surface area contributed by atoms with Gasteiger partial charge in [-0.2, -0.15) is 0 Å². The molecule has 2 aliphatic rings. The minimum atomic E-state index is -1.00. The molecule has 1 saturated heterocycles. The highest BCUT2D eigenvalue weighted by Gasteiger charge is 2.40. The zero-order valence-corrected chi connectivity index (χ0v) is 16.0. The van der Waals surface area contributed by atoms with Crippen molar-refractivity contribution in [1.82, 2.24) is 10.2 Å². The van der Waals surface area contributed by atoms with Gasteiger partial charge in [-0.15, -0.1) is 0 Å². The maximum absolute atomic E-state index is 12.7. The number of fused-ring (bicyclic) bond motifs is 1. The monoisotopic (exact) mass is 391 g/mol. The molecule has 0 atom stereocenters. The van der Waals surface area contributed by atoms with Gasteiger partial charge in [0.15, 0.2) is 5.60 Å².